The molecule has 0 bridgehead atoms. The summed E-state index contributed by atoms with van der Waals surface area (Å²) in [5.74, 6) is 0. The van der Waals surface area contributed by atoms with Crippen molar-refractivity contribution in [1.29, 1.82) is 0 Å². The van der Waals surface area contributed by atoms with Crippen molar-refractivity contribution in [2.24, 2.45) is 5.73 Å². The van der Waals surface area contributed by atoms with Gasteiger partial charge >= 0.3 is 0 Å². The van der Waals surface area contributed by atoms with E-state index in [0.29, 0.717) is 12.1 Å². The first kappa shape index (κ1) is 14.7. The summed E-state index contributed by atoms with van der Waals surface area (Å²) >= 11 is 0. The van der Waals surface area contributed by atoms with Crippen molar-refractivity contribution in [3.63, 3.8) is 0 Å². The number of hydrogen-bond donors (Lipinski definition) is 1. The van der Waals surface area contributed by atoms with Crippen LogP contribution in [0.1, 0.15) is 24.8 Å². The number of nitrogens with zero attached hydrogens (tertiary/aromatic N) is 1. The van der Waals surface area contributed by atoms with Crippen LogP contribution in [0.15, 0.2) is 54.6 Å². The van der Waals surface area contributed by atoms with Gasteiger partial charge in [0.15, 0.2) is 0 Å². The molecule has 1 saturated carbocycles. The Morgan fingerprint density at radius 1 is 0.957 bits per heavy atom. The average Bonchev–Trinajstić information content (AvgIpc) is 3.00. The Bertz CT molecular complexity index is 785. The lowest BCUT2D eigenvalue weighted by Gasteiger charge is -2.28. The van der Waals surface area contributed by atoms with Gasteiger partial charge in [-0.3, -0.25) is 4.90 Å². The van der Waals surface area contributed by atoms with E-state index in [1.54, 1.807) is 0 Å². The Hall–Kier alpha value is -1.90. The molecule has 1 fully saturated rings. The Balaban J connectivity index is 1.82. The molecule has 2 nitrogen and oxygen atoms in total. The molecular formula is C21H24N2. The lowest BCUT2D eigenvalue weighted by molar-refractivity contribution is 0.222. The molecule has 0 saturated heterocycles. The van der Waals surface area contributed by atoms with E-state index in [9.17, 15) is 0 Å². The maximum Gasteiger partial charge on any atom is 0.0247 e. The molecule has 0 heterocycles. The molecule has 0 amide bonds. The third kappa shape index (κ3) is 2.62. The summed E-state index contributed by atoms with van der Waals surface area (Å²) in [6, 6.07) is 20.6. The van der Waals surface area contributed by atoms with Crippen LogP contribution in [0.4, 0.5) is 0 Å². The number of rotatable bonds is 3. The zero-order valence-corrected chi connectivity index (χ0v) is 13.7. The zero-order chi connectivity index (χ0) is 15.8. The fraction of sp³-hybridized carbons (Fsp3) is 0.333. The van der Waals surface area contributed by atoms with Crippen molar-refractivity contribution in [2.75, 3.05) is 7.05 Å². The highest BCUT2D eigenvalue weighted by molar-refractivity contribution is 6.02. The molecule has 0 aromatic heterocycles. The predicted octanol–water partition coefficient (Wildman–Crippen LogP) is 4.30. The van der Waals surface area contributed by atoms with Gasteiger partial charge < -0.3 is 5.73 Å². The SMILES string of the molecule is CN(Cc1c2ccccc2cc2ccccc12)[C@H]1CCC[C@@H]1N. The maximum atomic E-state index is 6.32. The van der Waals surface area contributed by atoms with Crippen LogP contribution in [0.3, 0.4) is 0 Å². The highest BCUT2D eigenvalue weighted by Gasteiger charge is 2.27. The minimum absolute atomic E-state index is 0.321. The summed E-state index contributed by atoms with van der Waals surface area (Å²) < 4.78 is 0. The van der Waals surface area contributed by atoms with E-state index >= 15 is 0 Å². The monoisotopic (exact) mass is 304 g/mol. The summed E-state index contributed by atoms with van der Waals surface area (Å²) in [6.45, 7) is 0.959. The van der Waals surface area contributed by atoms with Gasteiger partial charge in [-0.2, -0.15) is 0 Å². The highest BCUT2D eigenvalue weighted by Crippen LogP contribution is 2.31. The first-order chi connectivity index (χ1) is 11.2. The van der Waals surface area contributed by atoms with E-state index in [0.717, 1.165) is 13.0 Å². The topological polar surface area (TPSA) is 29.3 Å². The third-order valence-electron chi connectivity index (χ3n) is 5.39. The molecule has 2 atom stereocenters. The number of fused-ring (bicyclic) bond motifs is 2. The van der Waals surface area contributed by atoms with E-state index in [1.165, 1.54) is 39.9 Å². The number of likely N-dealkylation sites (N-methyl/N-ethyl adjacent to an activating group) is 1. The molecule has 3 aromatic rings. The number of hydrogen-bond acceptors (Lipinski definition) is 2. The van der Waals surface area contributed by atoms with Crippen LogP contribution >= 0.6 is 0 Å². The Morgan fingerprint density at radius 3 is 2.13 bits per heavy atom. The average molecular weight is 304 g/mol. The first-order valence-corrected chi connectivity index (χ1v) is 8.59. The summed E-state index contributed by atoms with van der Waals surface area (Å²) in [6.07, 6.45) is 3.64. The molecular weight excluding hydrogens is 280 g/mol. The fourth-order valence-electron chi connectivity index (χ4n) is 4.16. The van der Waals surface area contributed by atoms with Crippen molar-refractivity contribution in [1.82, 2.24) is 4.90 Å². The standard InChI is InChI=1S/C21H24N2/c1-23(21-12-6-11-20(21)22)14-19-17-9-4-2-7-15(17)13-16-8-3-5-10-18(16)19/h2-5,7-10,13,20-21H,6,11-12,14,22H2,1H3/t20-,21-/m0/s1. The largest absolute Gasteiger partial charge is 0.326 e. The van der Waals surface area contributed by atoms with E-state index in [1.807, 2.05) is 0 Å². The molecule has 2 N–H and O–H groups in total. The predicted molar refractivity (Wildman–Crippen MR) is 98.5 cm³/mol. The number of nitrogens with two attached hydrogens (primary N) is 1. The van der Waals surface area contributed by atoms with Crippen molar-refractivity contribution < 1.29 is 0 Å². The highest BCUT2D eigenvalue weighted by atomic mass is 15.1. The van der Waals surface area contributed by atoms with Gasteiger partial charge in [0.25, 0.3) is 0 Å². The molecule has 1 aliphatic carbocycles. The maximum absolute atomic E-state index is 6.32. The number of benzene rings is 3. The second-order valence-electron chi connectivity index (χ2n) is 6.87. The summed E-state index contributed by atoms with van der Waals surface area (Å²) in [7, 11) is 2.23. The molecule has 0 aliphatic heterocycles. The van der Waals surface area contributed by atoms with Gasteiger partial charge in [0.1, 0.15) is 0 Å². The Labute approximate surface area is 137 Å². The lowest BCUT2D eigenvalue weighted by Crippen LogP contribution is -2.41. The minimum Gasteiger partial charge on any atom is -0.326 e. The fourth-order valence-corrected chi connectivity index (χ4v) is 4.16. The molecule has 4 rings (SSSR count). The summed E-state index contributed by atoms with van der Waals surface area (Å²) in [5.41, 5.74) is 7.75. The second-order valence-corrected chi connectivity index (χ2v) is 6.87. The molecule has 0 unspecified atom stereocenters. The van der Waals surface area contributed by atoms with Crippen LogP contribution in [-0.4, -0.2) is 24.0 Å². The van der Waals surface area contributed by atoms with Crippen molar-refractivity contribution in [3.8, 4) is 0 Å². The van der Waals surface area contributed by atoms with Crippen LogP contribution < -0.4 is 5.73 Å². The van der Waals surface area contributed by atoms with Crippen molar-refractivity contribution >= 4 is 21.5 Å². The zero-order valence-electron chi connectivity index (χ0n) is 13.7. The van der Waals surface area contributed by atoms with Gasteiger partial charge in [-0.15, -0.1) is 0 Å². The van der Waals surface area contributed by atoms with Crippen LogP contribution in [-0.2, 0) is 6.54 Å². The molecule has 3 aromatic carbocycles. The lowest BCUT2D eigenvalue weighted by atomic mass is 9.96. The summed E-state index contributed by atoms with van der Waals surface area (Å²) in [4.78, 5) is 2.46. The van der Waals surface area contributed by atoms with E-state index in [2.05, 4.69) is 66.5 Å². The van der Waals surface area contributed by atoms with E-state index < -0.39 is 0 Å². The molecule has 0 spiro atoms. The molecule has 0 radical (unpaired) electrons. The van der Waals surface area contributed by atoms with Gasteiger partial charge in [-0.25, -0.2) is 0 Å². The quantitative estimate of drug-likeness (QED) is 0.731. The van der Waals surface area contributed by atoms with E-state index in [4.69, 9.17) is 5.73 Å². The molecule has 23 heavy (non-hydrogen) atoms. The summed E-state index contributed by atoms with van der Waals surface area (Å²) in [5, 5.41) is 5.38. The van der Waals surface area contributed by atoms with Gasteiger partial charge in [-0.1, -0.05) is 55.0 Å². The van der Waals surface area contributed by atoms with Crippen molar-refractivity contribution in [2.45, 2.75) is 37.9 Å². The normalized spacial score (nSPS) is 21.5. The van der Waals surface area contributed by atoms with Crippen LogP contribution in [0.5, 0.6) is 0 Å². The van der Waals surface area contributed by atoms with Gasteiger partial charge in [0.2, 0.25) is 0 Å². The second kappa shape index (κ2) is 5.95. The third-order valence-corrected chi connectivity index (χ3v) is 5.39. The molecule has 118 valence electrons. The van der Waals surface area contributed by atoms with Crippen molar-refractivity contribution in [3.05, 3.63) is 60.2 Å². The molecule has 2 heteroatoms. The van der Waals surface area contributed by atoms with E-state index in [-0.39, 0.29) is 0 Å². The first-order valence-electron chi connectivity index (χ1n) is 8.59. The van der Waals surface area contributed by atoms with Crippen LogP contribution in [0, 0.1) is 0 Å². The Kier molecular flexibility index (Phi) is 3.80. The Morgan fingerprint density at radius 2 is 1.57 bits per heavy atom. The van der Waals surface area contributed by atoms with Gasteiger partial charge in [0.05, 0.1) is 0 Å². The minimum atomic E-state index is 0.321. The van der Waals surface area contributed by atoms with Crippen LogP contribution in [0.2, 0.25) is 0 Å². The smallest absolute Gasteiger partial charge is 0.0247 e. The van der Waals surface area contributed by atoms with Gasteiger partial charge in [0, 0.05) is 18.6 Å². The van der Waals surface area contributed by atoms with Gasteiger partial charge in [-0.05, 0) is 53.1 Å². The van der Waals surface area contributed by atoms with Crippen LogP contribution in [0.25, 0.3) is 21.5 Å². The molecule has 1 aliphatic rings.